The van der Waals surface area contributed by atoms with Crippen LogP contribution in [0.1, 0.15) is 11.1 Å². The van der Waals surface area contributed by atoms with Crippen molar-refractivity contribution >= 4 is 10.9 Å². The van der Waals surface area contributed by atoms with Gasteiger partial charge in [0.15, 0.2) is 0 Å². The molecule has 1 N–H and O–H groups in total. The Morgan fingerprint density at radius 3 is 2.68 bits per heavy atom. The average Bonchev–Trinajstić information content (AvgIpc) is 2.48. The van der Waals surface area contributed by atoms with Gasteiger partial charge in [-0.05, 0) is 35.4 Å². The van der Waals surface area contributed by atoms with E-state index < -0.39 is 0 Å². The number of hydrogen-bond donors (Lipinski definition) is 1. The number of hydrogen-bond acceptors (Lipinski definition) is 3. The van der Waals surface area contributed by atoms with Gasteiger partial charge < -0.3 is 5.32 Å². The van der Waals surface area contributed by atoms with E-state index in [0.717, 1.165) is 18.6 Å². The number of nitrogens with zero attached hydrogens (tertiary/aromatic N) is 2. The Hall–Kier alpha value is -2.26. The molecule has 0 spiro atoms. The summed E-state index contributed by atoms with van der Waals surface area (Å²) in [5, 5.41) is 4.61. The minimum absolute atomic E-state index is 0.832. The average molecular weight is 249 g/mol. The molecule has 3 nitrogen and oxygen atoms in total. The van der Waals surface area contributed by atoms with E-state index in [1.54, 1.807) is 6.20 Å². The van der Waals surface area contributed by atoms with Gasteiger partial charge in [-0.1, -0.05) is 18.2 Å². The van der Waals surface area contributed by atoms with Gasteiger partial charge in [0.25, 0.3) is 0 Å². The molecule has 0 saturated heterocycles. The number of benzene rings is 1. The van der Waals surface area contributed by atoms with Crippen LogP contribution in [0.15, 0.2) is 61.1 Å². The molecule has 3 heteroatoms. The highest BCUT2D eigenvalue weighted by molar-refractivity contribution is 5.78. The molecule has 1 aromatic carbocycles. The summed E-state index contributed by atoms with van der Waals surface area (Å²) >= 11 is 0. The van der Waals surface area contributed by atoms with Crippen molar-refractivity contribution in [3.8, 4) is 0 Å². The quantitative estimate of drug-likeness (QED) is 0.772. The summed E-state index contributed by atoms with van der Waals surface area (Å²) in [5.41, 5.74) is 3.51. The van der Waals surface area contributed by atoms with Crippen LogP contribution in [0, 0.1) is 0 Å². The zero-order valence-electron chi connectivity index (χ0n) is 10.6. The first-order valence-electron chi connectivity index (χ1n) is 6.35. The summed E-state index contributed by atoms with van der Waals surface area (Å²) in [6.07, 6.45) is 5.50. The maximum Gasteiger partial charge on any atom is 0.0702 e. The van der Waals surface area contributed by atoms with Crippen LogP contribution >= 0.6 is 0 Å². The molecule has 0 radical (unpaired) electrons. The summed E-state index contributed by atoms with van der Waals surface area (Å²) in [4.78, 5) is 8.42. The molecule has 0 amide bonds. The summed E-state index contributed by atoms with van der Waals surface area (Å²) in [6.45, 7) is 1.68. The predicted octanol–water partition coefficient (Wildman–Crippen LogP) is 2.92. The maximum absolute atomic E-state index is 4.32. The highest BCUT2D eigenvalue weighted by Crippen LogP contribution is 2.13. The van der Waals surface area contributed by atoms with Crippen LogP contribution in [0.2, 0.25) is 0 Å². The minimum atomic E-state index is 0.832. The first-order valence-corrected chi connectivity index (χ1v) is 6.35. The summed E-state index contributed by atoms with van der Waals surface area (Å²) in [5.74, 6) is 0. The highest BCUT2D eigenvalue weighted by atomic mass is 14.8. The van der Waals surface area contributed by atoms with E-state index >= 15 is 0 Å². The molecule has 0 aliphatic heterocycles. The van der Waals surface area contributed by atoms with Crippen LogP contribution in [-0.2, 0) is 13.1 Å². The Balaban J connectivity index is 1.65. The van der Waals surface area contributed by atoms with Gasteiger partial charge in [0.05, 0.1) is 5.52 Å². The molecule has 0 aliphatic rings. The molecule has 3 aromatic rings. The van der Waals surface area contributed by atoms with Crippen LogP contribution in [0.4, 0.5) is 0 Å². The van der Waals surface area contributed by atoms with Gasteiger partial charge in [0.1, 0.15) is 0 Å². The lowest BCUT2D eigenvalue weighted by molar-refractivity contribution is 0.692. The van der Waals surface area contributed by atoms with E-state index in [1.165, 1.54) is 16.5 Å². The summed E-state index contributed by atoms with van der Waals surface area (Å²) in [7, 11) is 0. The monoisotopic (exact) mass is 249 g/mol. The van der Waals surface area contributed by atoms with Crippen LogP contribution in [0.3, 0.4) is 0 Å². The van der Waals surface area contributed by atoms with Crippen molar-refractivity contribution in [1.82, 2.24) is 15.3 Å². The lowest BCUT2D eigenvalue weighted by Gasteiger charge is -2.06. The number of fused-ring (bicyclic) bond motifs is 1. The lowest BCUT2D eigenvalue weighted by atomic mass is 10.1. The second-order valence-electron chi connectivity index (χ2n) is 4.50. The number of pyridine rings is 2. The zero-order valence-corrected chi connectivity index (χ0v) is 10.6. The highest BCUT2D eigenvalue weighted by Gasteiger charge is 1.97. The Labute approximate surface area is 112 Å². The van der Waals surface area contributed by atoms with Gasteiger partial charge in [0.2, 0.25) is 0 Å². The van der Waals surface area contributed by atoms with Gasteiger partial charge in [-0.25, -0.2) is 0 Å². The second kappa shape index (κ2) is 5.59. The topological polar surface area (TPSA) is 37.8 Å². The van der Waals surface area contributed by atoms with Gasteiger partial charge in [0, 0.05) is 37.1 Å². The maximum atomic E-state index is 4.32. The molecule has 19 heavy (non-hydrogen) atoms. The molecule has 0 unspecified atom stereocenters. The molecule has 2 aromatic heterocycles. The standard InChI is InChI=1S/C16H15N3/c1-3-14(11-17-7-1)12-18-10-13-5-6-16-15(9-13)4-2-8-19-16/h1-9,11,18H,10,12H2. The van der Waals surface area contributed by atoms with Crippen LogP contribution in [0.5, 0.6) is 0 Å². The molecule has 2 heterocycles. The fraction of sp³-hybridized carbons (Fsp3) is 0.125. The Morgan fingerprint density at radius 1 is 0.895 bits per heavy atom. The van der Waals surface area contributed by atoms with Crippen molar-refractivity contribution in [3.05, 3.63) is 72.2 Å². The number of rotatable bonds is 4. The molecular formula is C16H15N3. The van der Waals surface area contributed by atoms with Crippen molar-refractivity contribution in [2.45, 2.75) is 13.1 Å². The Kier molecular flexibility index (Phi) is 3.47. The summed E-state index contributed by atoms with van der Waals surface area (Å²) < 4.78 is 0. The van der Waals surface area contributed by atoms with Crippen LogP contribution in [0.25, 0.3) is 10.9 Å². The fourth-order valence-electron chi connectivity index (χ4n) is 2.09. The van der Waals surface area contributed by atoms with Gasteiger partial charge in [-0.2, -0.15) is 0 Å². The second-order valence-corrected chi connectivity index (χ2v) is 4.50. The van der Waals surface area contributed by atoms with Crippen LogP contribution in [-0.4, -0.2) is 9.97 Å². The Bertz CT molecular complexity index is 665. The van der Waals surface area contributed by atoms with E-state index in [-0.39, 0.29) is 0 Å². The summed E-state index contributed by atoms with van der Waals surface area (Å²) in [6, 6.07) is 14.5. The normalized spacial score (nSPS) is 10.7. The first-order chi connectivity index (χ1) is 9.42. The largest absolute Gasteiger partial charge is 0.309 e. The van der Waals surface area contributed by atoms with E-state index in [1.807, 2.05) is 24.5 Å². The molecule has 0 fully saturated rings. The zero-order chi connectivity index (χ0) is 12.9. The van der Waals surface area contributed by atoms with Crippen LogP contribution < -0.4 is 5.32 Å². The molecule has 0 atom stereocenters. The van der Waals surface area contributed by atoms with Crippen molar-refractivity contribution in [1.29, 1.82) is 0 Å². The Morgan fingerprint density at radius 2 is 1.79 bits per heavy atom. The third-order valence-electron chi connectivity index (χ3n) is 3.05. The smallest absolute Gasteiger partial charge is 0.0702 e. The SMILES string of the molecule is c1cncc(CNCc2ccc3ncccc3c2)c1. The third kappa shape index (κ3) is 2.95. The van der Waals surface area contributed by atoms with E-state index in [2.05, 4.69) is 45.6 Å². The molecule has 3 rings (SSSR count). The fourth-order valence-corrected chi connectivity index (χ4v) is 2.09. The lowest BCUT2D eigenvalue weighted by Crippen LogP contribution is -2.12. The van der Waals surface area contributed by atoms with Crippen molar-refractivity contribution in [2.75, 3.05) is 0 Å². The first kappa shape index (κ1) is 11.8. The van der Waals surface area contributed by atoms with Crippen molar-refractivity contribution < 1.29 is 0 Å². The minimum Gasteiger partial charge on any atom is -0.309 e. The van der Waals surface area contributed by atoms with Crippen molar-refractivity contribution in [3.63, 3.8) is 0 Å². The van der Waals surface area contributed by atoms with Gasteiger partial charge in [-0.3, -0.25) is 9.97 Å². The molecule has 0 bridgehead atoms. The van der Waals surface area contributed by atoms with E-state index in [0.29, 0.717) is 0 Å². The van der Waals surface area contributed by atoms with Crippen molar-refractivity contribution in [2.24, 2.45) is 0 Å². The molecule has 94 valence electrons. The van der Waals surface area contributed by atoms with E-state index in [4.69, 9.17) is 0 Å². The molecule has 0 saturated carbocycles. The third-order valence-corrected chi connectivity index (χ3v) is 3.05. The molecular weight excluding hydrogens is 234 g/mol. The number of aromatic nitrogens is 2. The number of nitrogens with one attached hydrogen (secondary N) is 1. The molecule has 0 aliphatic carbocycles. The van der Waals surface area contributed by atoms with E-state index in [9.17, 15) is 0 Å². The predicted molar refractivity (Wildman–Crippen MR) is 76.5 cm³/mol. The van der Waals surface area contributed by atoms with Gasteiger partial charge in [-0.15, -0.1) is 0 Å². The van der Waals surface area contributed by atoms with Gasteiger partial charge >= 0.3 is 0 Å².